The summed E-state index contributed by atoms with van der Waals surface area (Å²) in [5, 5.41) is 4.81. The zero-order valence-electron chi connectivity index (χ0n) is 13.0. The van der Waals surface area contributed by atoms with Crippen LogP contribution in [-0.4, -0.2) is 41.9 Å². The van der Waals surface area contributed by atoms with E-state index < -0.39 is 0 Å². The number of likely N-dealkylation sites (N-methyl/N-ethyl adjacent to an activating group) is 1. The van der Waals surface area contributed by atoms with Gasteiger partial charge in [-0.3, -0.25) is 9.59 Å². The Bertz CT molecular complexity index is 695. The van der Waals surface area contributed by atoms with Crippen LogP contribution < -0.4 is 5.32 Å². The highest BCUT2D eigenvalue weighted by Gasteiger charge is 2.25. The lowest BCUT2D eigenvalue weighted by molar-refractivity contribution is -0.127. The average molecular weight is 319 g/mol. The van der Waals surface area contributed by atoms with Crippen molar-refractivity contribution in [2.24, 2.45) is 0 Å². The fourth-order valence-electron chi connectivity index (χ4n) is 3.08. The molecule has 1 aliphatic carbocycles. The highest BCUT2D eigenvalue weighted by molar-refractivity contribution is 7.17. The van der Waals surface area contributed by atoms with Crippen LogP contribution in [0.15, 0.2) is 17.5 Å². The van der Waals surface area contributed by atoms with Crippen molar-refractivity contribution in [2.75, 3.05) is 20.6 Å². The molecule has 6 heteroatoms. The number of fused-ring (bicyclic) bond motifs is 1. The molecule has 0 saturated heterocycles. The van der Waals surface area contributed by atoms with E-state index in [0.29, 0.717) is 11.7 Å². The quantitative estimate of drug-likeness (QED) is 0.942. The van der Waals surface area contributed by atoms with Crippen LogP contribution in [0.2, 0.25) is 0 Å². The van der Waals surface area contributed by atoms with Crippen LogP contribution in [0.25, 0.3) is 10.2 Å². The third-order valence-corrected chi connectivity index (χ3v) is 5.13. The normalized spacial score (nSPS) is 15.4. The van der Waals surface area contributed by atoms with Crippen LogP contribution in [0.5, 0.6) is 0 Å². The smallest absolute Gasteiger partial charge is 0.268 e. The van der Waals surface area contributed by atoms with E-state index in [-0.39, 0.29) is 18.4 Å². The molecule has 2 amide bonds. The maximum absolute atomic E-state index is 12.5. The first-order valence-electron chi connectivity index (χ1n) is 7.64. The summed E-state index contributed by atoms with van der Waals surface area (Å²) in [7, 11) is 3.37. The zero-order chi connectivity index (χ0) is 15.7. The Kier molecular flexibility index (Phi) is 4.20. The van der Waals surface area contributed by atoms with Crippen molar-refractivity contribution in [2.45, 2.75) is 31.7 Å². The zero-order valence-corrected chi connectivity index (χ0v) is 13.8. The van der Waals surface area contributed by atoms with Crippen LogP contribution in [0.1, 0.15) is 42.2 Å². The lowest BCUT2D eigenvalue weighted by atomic mass is 10.2. The number of hydrogen-bond donors (Lipinski definition) is 1. The second-order valence-electron chi connectivity index (χ2n) is 5.98. The van der Waals surface area contributed by atoms with Gasteiger partial charge in [0.25, 0.3) is 5.91 Å². The van der Waals surface area contributed by atoms with Crippen molar-refractivity contribution >= 4 is 33.4 Å². The molecule has 0 unspecified atom stereocenters. The predicted molar refractivity (Wildman–Crippen MR) is 88.3 cm³/mol. The Morgan fingerprint density at radius 1 is 1.36 bits per heavy atom. The summed E-state index contributed by atoms with van der Waals surface area (Å²) in [5.41, 5.74) is 1.82. The predicted octanol–water partition coefficient (Wildman–Crippen LogP) is 2.64. The van der Waals surface area contributed by atoms with E-state index in [0.717, 1.165) is 23.1 Å². The molecule has 0 bridgehead atoms. The fraction of sp³-hybridized carbons (Fsp3) is 0.500. The van der Waals surface area contributed by atoms with E-state index in [1.54, 1.807) is 25.4 Å². The number of aromatic nitrogens is 1. The summed E-state index contributed by atoms with van der Waals surface area (Å²) in [5.74, 6) is -0.264. The number of hydrogen-bond acceptors (Lipinski definition) is 3. The molecule has 0 atom stereocenters. The molecular formula is C16H21N3O2S. The van der Waals surface area contributed by atoms with Gasteiger partial charge in [-0.25, -0.2) is 0 Å². The van der Waals surface area contributed by atoms with Crippen LogP contribution >= 0.6 is 11.3 Å². The molecule has 0 spiro atoms. The van der Waals surface area contributed by atoms with Gasteiger partial charge in [-0.2, -0.15) is 0 Å². The Balaban J connectivity index is 1.86. The fourth-order valence-corrected chi connectivity index (χ4v) is 3.89. The van der Waals surface area contributed by atoms with E-state index in [1.807, 2.05) is 6.07 Å². The number of nitrogens with zero attached hydrogens (tertiary/aromatic N) is 2. The number of amides is 2. The standard InChI is InChI=1S/C16H21N3O2S/c1-18(2)15(20)10-17-16(21)13-9-14-12(7-8-22-14)19(13)11-5-3-4-6-11/h7-9,11H,3-6,10H2,1-2H3,(H,17,21). The van der Waals surface area contributed by atoms with Gasteiger partial charge in [-0.15, -0.1) is 11.3 Å². The van der Waals surface area contributed by atoms with Crippen molar-refractivity contribution in [3.05, 3.63) is 23.2 Å². The SMILES string of the molecule is CN(C)C(=O)CNC(=O)c1cc2sccc2n1C1CCCC1. The number of thiophene rings is 1. The molecule has 2 aromatic rings. The third-order valence-electron chi connectivity index (χ3n) is 4.28. The maximum atomic E-state index is 12.5. The van der Waals surface area contributed by atoms with E-state index >= 15 is 0 Å². The largest absolute Gasteiger partial charge is 0.347 e. The number of carbonyl (C=O) groups excluding carboxylic acids is 2. The summed E-state index contributed by atoms with van der Waals surface area (Å²) in [4.78, 5) is 25.6. The Hall–Kier alpha value is -1.82. The molecule has 3 rings (SSSR count). The van der Waals surface area contributed by atoms with Gasteiger partial charge in [0.15, 0.2) is 0 Å². The minimum absolute atomic E-state index is 0.0370. The van der Waals surface area contributed by atoms with E-state index in [2.05, 4.69) is 21.3 Å². The Morgan fingerprint density at radius 2 is 2.09 bits per heavy atom. The summed E-state index contributed by atoms with van der Waals surface area (Å²) >= 11 is 1.65. The van der Waals surface area contributed by atoms with Crippen molar-refractivity contribution in [3.8, 4) is 0 Å². The van der Waals surface area contributed by atoms with Crippen LogP contribution in [0.4, 0.5) is 0 Å². The molecule has 5 nitrogen and oxygen atoms in total. The molecule has 0 aliphatic heterocycles. The molecule has 1 aliphatic rings. The minimum atomic E-state index is -0.162. The van der Waals surface area contributed by atoms with Crippen LogP contribution in [0.3, 0.4) is 0 Å². The van der Waals surface area contributed by atoms with Gasteiger partial charge in [0.1, 0.15) is 5.69 Å². The Labute approximate surface area is 133 Å². The summed E-state index contributed by atoms with van der Waals surface area (Å²) in [6.07, 6.45) is 4.68. The van der Waals surface area contributed by atoms with Crippen molar-refractivity contribution in [3.63, 3.8) is 0 Å². The van der Waals surface area contributed by atoms with E-state index in [4.69, 9.17) is 0 Å². The molecule has 2 heterocycles. The lowest BCUT2D eigenvalue weighted by Crippen LogP contribution is -2.37. The van der Waals surface area contributed by atoms with Gasteiger partial charge in [-0.05, 0) is 30.4 Å². The molecule has 0 radical (unpaired) electrons. The number of carbonyl (C=O) groups is 2. The summed E-state index contributed by atoms with van der Waals surface area (Å²) in [6.45, 7) is 0.0370. The third kappa shape index (κ3) is 2.75. The first-order valence-corrected chi connectivity index (χ1v) is 8.52. The highest BCUT2D eigenvalue weighted by atomic mass is 32.1. The Morgan fingerprint density at radius 3 is 2.77 bits per heavy atom. The molecule has 1 N–H and O–H groups in total. The minimum Gasteiger partial charge on any atom is -0.347 e. The van der Waals surface area contributed by atoms with Crippen molar-refractivity contribution < 1.29 is 9.59 Å². The van der Waals surface area contributed by atoms with Crippen molar-refractivity contribution in [1.29, 1.82) is 0 Å². The van der Waals surface area contributed by atoms with Gasteiger partial charge in [0.2, 0.25) is 5.91 Å². The molecule has 22 heavy (non-hydrogen) atoms. The molecule has 1 saturated carbocycles. The van der Waals surface area contributed by atoms with Crippen molar-refractivity contribution in [1.82, 2.24) is 14.8 Å². The van der Waals surface area contributed by atoms with Gasteiger partial charge in [-0.1, -0.05) is 12.8 Å². The van der Waals surface area contributed by atoms with Gasteiger partial charge >= 0.3 is 0 Å². The number of nitrogens with one attached hydrogen (secondary N) is 1. The maximum Gasteiger partial charge on any atom is 0.268 e. The number of rotatable bonds is 4. The molecular weight excluding hydrogens is 298 g/mol. The molecule has 118 valence electrons. The first kappa shape index (κ1) is 15.1. The second kappa shape index (κ2) is 6.12. The monoisotopic (exact) mass is 319 g/mol. The van der Waals surface area contributed by atoms with Gasteiger partial charge in [0, 0.05) is 20.1 Å². The van der Waals surface area contributed by atoms with Gasteiger partial charge < -0.3 is 14.8 Å². The van der Waals surface area contributed by atoms with Gasteiger partial charge in [0.05, 0.1) is 16.8 Å². The highest BCUT2D eigenvalue weighted by Crippen LogP contribution is 2.36. The molecule has 0 aromatic carbocycles. The first-order chi connectivity index (χ1) is 10.6. The summed E-state index contributed by atoms with van der Waals surface area (Å²) in [6, 6.07) is 4.44. The van der Waals surface area contributed by atoms with E-state index in [9.17, 15) is 9.59 Å². The average Bonchev–Trinajstić information content (AvgIpc) is 3.18. The molecule has 1 fully saturated rings. The topological polar surface area (TPSA) is 54.3 Å². The summed E-state index contributed by atoms with van der Waals surface area (Å²) < 4.78 is 3.31. The van der Waals surface area contributed by atoms with Crippen LogP contribution in [-0.2, 0) is 4.79 Å². The lowest BCUT2D eigenvalue weighted by Gasteiger charge is -2.17. The molecule has 2 aromatic heterocycles. The van der Waals surface area contributed by atoms with E-state index in [1.165, 1.54) is 17.7 Å². The van der Waals surface area contributed by atoms with Crippen LogP contribution in [0, 0.1) is 0 Å². The second-order valence-corrected chi connectivity index (χ2v) is 6.93.